The number of piperidine rings is 1. The molecule has 2 aromatic rings. The number of amides is 1. The Morgan fingerprint density at radius 2 is 1.94 bits per heavy atom. The molecule has 0 aromatic heterocycles. The van der Waals surface area contributed by atoms with Gasteiger partial charge < -0.3 is 25.4 Å². The second kappa shape index (κ2) is 11.2. The number of benzene rings is 2. The van der Waals surface area contributed by atoms with Gasteiger partial charge in [0.15, 0.2) is 17.5 Å². The molecule has 1 saturated heterocycles. The maximum atomic E-state index is 11.3. The number of carbonyl (C=O) groups excluding carboxylic acids is 1. The first-order valence-corrected chi connectivity index (χ1v) is 10.8. The standard InChI is InChI=1S/C24H32N4O3/c1-3-26-24(28-14-6-7-19(17-28)15-23(25)29)27-16-18-10-12-20(13-11-18)31-22-9-5-4-8-21(22)30-2/h4-5,8-13,19H,3,6-7,14-17H2,1-2H3,(H2,25,29)(H,26,27). The van der Waals surface area contributed by atoms with Gasteiger partial charge in [-0.25, -0.2) is 4.99 Å². The Morgan fingerprint density at radius 1 is 1.19 bits per heavy atom. The van der Waals surface area contributed by atoms with Gasteiger partial charge in [0.05, 0.1) is 13.7 Å². The lowest BCUT2D eigenvalue weighted by Gasteiger charge is -2.34. The number of nitrogens with one attached hydrogen (secondary N) is 1. The van der Waals surface area contributed by atoms with Crippen LogP contribution in [0.1, 0.15) is 31.7 Å². The van der Waals surface area contributed by atoms with E-state index in [1.54, 1.807) is 7.11 Å². The quantitative estimate of drug-likeness (QED) is 0.500. The van der Waals surface area contributed by atoms with Crippen LogP contribution < -0.4 is 20.5 Å². The van der Waals surface area contributed by atoms with Crippen molar-refractivity contribution in [3.8, 4) is 17.2 Å². The molecule has 7 heteroatoms. The van der Waals surface area contributed by atoms with E-state index in [0.717, 1.165) is 49.7 Å². The predicted molar refractivity (Wildman–Crippen MR) is 122 cm³/mol. The molecule has 1 fully saturated rings. The molecule has 7 nitrogen and oxygen atoms in total. The summed E-state index contributed by atoms with van der Waals surface area (Å²) in [6.45, 7) is 5.16. The summed E-state index contributed by atoms with van der Waals surface area (Å²) < 4.78 is 11.3. The van der Waals surface area contributed by atoms with Crippen molar-refractivity contribution in [1.82, 2.24) is 10.2 Å². The Hall–Kier alpha value is -3.22. The van der Waals surface area contributed by atoms with Crippen LogP contribution in [0.2, 0.25) is 0 Å². The van der Waals surface area contributed by atoms with Crippen molar-refractivity contribution < 1.29 is 14.3 Å². The molecule has 31 heavy (non-hydrogen) atoms. The minimum absolute atomic E-state index is 0.232. The van der Waals surface area contributed by atoms with Gasteiger partial charge >= 0.3 is 0 Å². The van der Waals surface area contributed by atoms with Crippen molar-refractivity contribution in [2.45, 2.75) is 32.7 Å². The molecule has 0 bridgehead atoms. The lowest BCUT2D eigenvalue weighted by Crippen LogP contribution is -2.47. The number of nitrogens with two attached hydrogens (primary N) is 1. The Morgan fingerprint density at radius 3 is 2.61 bits per heavy atom. The van der Waals surface area contributed by atoms with E-state index >= 15 is 0 Å². The third-order valence-electron chi connectivity index (χ3n) is 5.27. The summed E-state index contributed by atoms with van der Waals surface area (Å²) in [7, 11) is 1.63. The largest absolute Gasteiger partial charge is 0.493 e. The minimum Gasteiger partial charge on any atom is -0.493 e. The molecule has 1 atom stereocenters. The van der Waals surface area contributed by atoms with Gasteiger partial charge in [0.1, 0.15) is 5.75 Å². The molecule has 0 radical (unpaired) electrons. The number of ether oxygens (including phenoxy) is 2. The summed E-state index contributed by atoms with van der Waals surface area (Å²) in [6.07, 6.45) is 2.51. The van der Waals surface area contributed by atoms with Crippen LogP contribution in [0.15, 0.2) is 53.5 Å². The third kappa shape index (κ3) is 6.64. The van der Waals surface area contributed by atoms with Crippen LogP contribution in [0.4, 0.5) is 0 Å². The van der Waals surface area contributed by atoms with Crippen LogP contribution in [0.5, 0.6) is 17.2 Å². The van der Waals surface area contributed by atoms with Crippen molar-refractivity contribution in [3.05, 3.63) is 54.1 Å². The van der Waals surface area contributed by atoms with E-state index in [4.69, 9.17) is 20.2 Å². The summed E-state index contributed by atoms with van der Waals surface area (Å²) in [5.74, 6) is 3.06. The summed E-state index contributed by atoms with van der Waals surface area (Å²) >= 11 is 0. The molecule has 166 valence electrons. The molecule has 2 aromatic carbocycles. The Balaban J connectivity index is 1.63. The molecule has 1 amide bonds. The lowest BCUT2D eigenvalue weighted by atomic mass is 9.95. The molecule has 0 spiro atoms. The van der Waals surface area contributed by atoms with Gasteiger partial charge in [0, 0.05) is 26.1 Å². The first-order valence-electron chi connectivity index (χ1n) is 10.8. The van der Waals surface area contributed by atoms with E-state index in [0.29, 0.717) is 30.4 Å². The van der Waals surface area contributed by atoms with E-state index in [-0.39, 0.29) is 5.91 Å². The molecule has 0 aliphatic carbocycles. The average Bonchev–Trinajstić information content (AvgIpc) is 2.78. The van der Waals surface area contributed by atoms with Gasteiger partial charge in [-0.2, -0.15) is 0 Å². The van der Waals surface area contributed by atoms with E-state index in [9.17, 15) is 4.79 Å². The topological polar surface area (TPSA) is 89.2 Å². The fourth-order valence-corrected chi connectivity index (χ4v) is 3.79. The Labute approximate surface area is 184 Å². The van der Waals surface area contributed by atoms with E-state index < -0.39 is 0 Å². The van der Waals surface area contributed by atoms with E-state index in [1.165, 1.54) is 0 Å². The highest BCUT2D eigenvalue weighted by atomic mass is 16.5. The summed E-state index contributed by atoms with van der Waals surface area (Å²) in [6, 6.07) is 15.5. The van der Waals surface area contributed by atoms with Gasteiger partial charge in [-0.15, -0.1) is 0 Å². The molecule has 1 aliphatic rings. The number of rotatable bonds is 8. The van der Waals surface area contributed by atoms with Crippen LogP contribution in [0.25, 0.3) is 0 Å². The van der Waals surface area contributed by atoms with Crippen molar-refractivity contribution >= 4 is 11.9 Å². The zero-order valence-electron chi connectivity index (χ0n) is 18.3. The predicted octanol–water partition coefficient (Wildman–Crippen LogP) is 3.54. The first-order chi connectivity index (χ1) is 15.1. The smallest absolute Gasteiger partial charge is 0.217 e. The number of hydrogen-bond donors (Lipinski definition) is 2. The van der Waals surface area contributed by atoms with Gasteiger partial charge in [0.25, 0.3) is 0 Å². The zero-order chi connectivity index (χ0) is 22.1. The molecule has 1 aliphatic heterocycles. The highest BCUT2D eigenvalue weighted by Gasteiger charge is 2.23. The van der Waals surface area contributed by atoms with Crippen LogP contribution in [0, 0.1) is 5.92 Å². The number of guanidine groups is 1. The summed E-state index contributed by atoms with van der Waals surface area (Å²) in [5.41, 5.74) is 6.49. The van der Waals surface area contributed by atoms with Crippen molar-refractivity contribution in [3.63, 3.8) is 0 Å². The monoisotopic (exact) mass is 424 g/mol. The summed E-state index contributed by atoms with van der Waals surface area (Å²) in [5, 5.41) is 3.37. The molecule has 1 heterocycles. The fraction of sp³-hybridized carbons (Fsp3) is 0.417. The third-order valence-corrected chi connectivity index (χ3v) is 5.27. The fourth-order valence-electron chi connectivity index (χ4n) is 3.79. The van der Waals surface area contributed by atoms with Crippen molar-refractivity contribution in [2.75, 3.05) is 26.7 Å². The Bertz CT molecular complexity index is 883. The zero-order valence-corrected chi connectivity index (χ0v) is 18.3. The van der Waals surface area contributed by atoms with Gasteiger partial charge in [-0.1, -0.05) is 24.3 Å². The molecule has 3 N–H and O–H groups in total. The normalized spacial score (nSPS) is 16.6. The molecule has 1 unspecified atom stereocenters. The van der Waals surface area contributed by atoms with E-state index in [2.05, 4.69) is 17.1 Å². The molecule has 3 rings (SSSR count). The minimum atomic E-state index is -0.232. The van der Waals surface area contributed by atoms with Gasteiger partial charge in [-0.05, 0) is 55.5 Å². The van der Waals surface area contributed by atoms with Crippen LogP contribution in [0.3, 0.4) is 0 Å². The number of hydrogen-bond acceptors (Lipinski definition) is 4. The van der Waals surface area contributed by atoms with Gasteiger partial charge in [0.2, 0.25) is 5.91 Å². The summed E-state index contributed by atoms with van der Waals surface area (Å²) in [4.78, 5) is 18.4. The second-order valence-corrected chi connectivity index (χ2v) is 7.69. The number of aliphatic imine (C=N–C) groups is 1. The number of nitrogens with zero attached hydrogens (tertiary/aromatic N) is 2. The molecule has 0 saturated carbocycles. The second-order valence-electron chi connectivity index (χ2n) is 7.69. The first kappa shape index (κ1) is 22.5. The molecular formula is C24H32N4O3. The average molecular weight is 425 g/mol. The van der Waals surface area contributed by atoms with Crippen molar-refractivity contribution in [1.29, 1.82) is 0 Å². The number of carbonyl (C=O) groups is 1. The van der Waals surface area contributed by atoms with E-state index in [1.807, 2.05) is 48.5 Å². The van der Waals surface area contributed by atoms with Crippen LogP contribution in [-0.2, 0) is 11.3 Å². The van der Waals surface area contributed by atoms with Crippen molar-refractivity contribution in [2.24, 2.45) is 16.6 Å². The van der Waals surface area contributed by atoms with Crippen LogP contribution in [-0.4, -0.2) is 43.5 Å². The highest BCUT2D eigenvalue weighted by Crippen LogP contribution is 2.31. The SMILES string of the molecule is CCNC(=NCc1ccc(Oc2ccccc2OC)cc1)N1CCCC(CC(N)=O)C1. The maximum Gasteiger partial charge on any atom is 0.217 e. The Kier molecular flexibility index (Phi) is 8.15. The number of primary amides is 1. The van der Waals surface area contributed by atoms with Crippen LogP contribution >= 0.6 is 0 Å². The highest BCUT2D eigenvalue weighted by molar-refractivity contribution is 5.80. The molecular weight excluding hydrogens is 392 g/mol. The van der Waals surface area contributed by atoms with Gasteiger partial charge in [-0.3, -0.25) is 4.79 Å². The number of methoxy groups -OCH3 is 1. The maximum absolute atomic E-state index is 11.3. The lowest BCUT2D eigenvalue weighted by molar-refractivity contribution is -0.119. The number of para-hydroxylation sites is 2. The number of likely N-dealkylation sites (tertiary alicyclic amines) is 1.